The number of nitrogens with one attached hydrogen (secondary N) is 2. The van der Waals surface area contributed by atoms with Crippen molar-refractivity contribution in [2.45, 2.75) is 84.1 Å². The monoisotopic (exact) mass is 334 g/mol. The number of carbonyl (C=O) groups excluding carboxylic acids is 2. The molecule has 0 unspecified atom stereocenters. The third-order valence-corrected chi connectivity index (χ3v) is 5.79. The van der Waals surface area contributed by atoms with Crippen molar-refractivity contribution >= 4 is 11.8 Å². The Morgan fingerprint density at radius 3 is 2.62 bits per heavy atom. The van der Waals surface area contributed by atoms with Crippen molar-refractivity contribution in [1.29, 1.82) is 0 Å². The fraction of sp³-hybridized carbons (Fsp3) is 0.800. The maximum absolute atomic E-state index is 12.1. The molecule has 2 aliphatic carbocycles. The Balaban J connectivity index is 1.59. The SMILES string of the molecule is C[C@@H]1[C@H](C)CCC[C@H]1NC(=O)CCC(=O)NCCC1=CCCCC1. The van der Waals surface area contributed by atoms with Crippen molar-refractivity contribution in [3.63, 3.8) is 0 Å². The molecule has 1 saturated carbocycles. The van der Waals surface area contributed by atoms with Gasteiger partial charge < -0.3 is 10.6 Å². The van der Waals surface area contributed by atoms with Crippen molar-refractivity contribution in [3.05, 3.63) is 11.6 Å². The zero-order chi connectivity index (χ0) is 17.4. The van der Waals surface area contributed by atoms with Gasteiger partial charge in [-0.15, -0.1) is 0 Å². The lowest BCUT2D eigenvalue weighted by molar-refractivity contribution is -0.127. The molecule has 0 heterocycles. The second-order valence-electron chi connectivity index (χ2n) is 7.65. The number of allylic oxidation sites excluding steroid dienone is 1. The number of rotatable bonds is 7. The van der Waals surface area contributed by atoms with E-state index in [4.69, 9.17) is 0 Å². The molecule has 0 radical (unpaired) electrons. The van der Waals surface area contributed by atoms with Crippen molar-refractivity contribution < 1.29 is 9.59 Å². The topological polar surface area (TPSA) is 58.2 Å². The highest BCUT2D eigenvalue weighted by Gasteiger charge is 2.28. The molecule has 2 amide bonds. The highest BCUT2D eigenvalue weighted by atomic mass is 16.2. The molecule has 136 valence electrons. The molecule has 1 fully saturated rings. The standard InChI is InChI=1S/C20H34N2O2/c1-15-7-6-10-18(16(15)2)22-20(24)12-11-19(23)21-14-13-17-8-4-3-5-9-17/h8,15-16,18H,3-7,9-14H2,1-2H3,(H,21,23)(H,22,24)/t15-,16-,18-/m1/s1. The van der Waals surface area contributed by atoms with Gasteiger partial charge in [-0.3, -0.25) is 9.59 Å². The predicted octanol–water partition coefficient (Wildman–Crippen LogP) is 3.71. The Kier molecular flexibility index (Phi) is 7.80. The quantitative estimate of drug-likeness (QED) is 0.697. The van der Waals surface area contributed by atoms with Crippen LogP contribution < -0.4 is 10.6 Å². The van der Waals surface area contributed by atoms with E-state index in [0.29, 0.717) is 31.2 Å². The summed E-state index contributed by atoms with van der Waals surface area (Å²) in [5.74, 6) is 1.21. The minimum absolute atomic E-state index is 0.00776. The third-order valence-electron chi connectivity index (χ3n) is 5.79. The van der Waals surface area contributed by atoms with Gasteiger partial charge in [0.25, 0.3) is 0 Å². The molecule has 0 aliphatic heterocycles. The summed E-state index contributed by atoms with van der Waals surface area (Å²) in [6, 6.07) is 0.280. The van der Waals surface area contributed by atoms with Crippen molar-refractivity contribution in [3.8, 4) is 0 Å². The normalized spacial score (nSPS) is 27.2. The Labute approximate surface area is 146 Å². The molecule has 0 aromatic heterocycles. The van der Waals surface area contributed by atoms with E-state index in [1.807, 2.05) is 0 Å². The Morgan fingerprint density at radius 2 is 1.88 bits per heavy atom. The largest absolute Gasteiger partial charge is 0.356 e. The lowest BCUT2D eigenvalue weighted by atomic mass is 9.78. The van der Waals surface area contributed by atoms with Gasteiger partial charge in [0.15, 0.2) is 0 Å². The van der Waals surface area contributed by atoms with Gasteiger partial charge in [-0.05, 0) is 50.4 Å². The van der Waals surface area contributed by atoms with Gasteiger partial charge in [-0.2, -0.15) is 0 Å². The fourth-order valence-corrected chi connectivity index (χ4v) is 3.87. The first-order chi connectivity index (χ1) is 11.6. The molecule has 0 spiro atoms. The second-order valence-corrected chi connectivity index (χ2v) is 7.65. The van der Waals surface area contributed by atoms with Crippen LogP contribution in [0.1, 0.15) is 78.1 Å². The van der Waals surface area contributed by atoms with Crippen molar-refractivity contribution in [2.24, 2.45) is 11.8 Å². The van der Waals surface area contributed by atoms with Gasteiger partial charge >= 0.3 is 0 Å². The van der Waals surface area contributed by atoms with Gasteiger partial charge in [0.05, 0.1) is 0 Å². The van der Waals surface area contributed by atoms with Gasteiger partial charge in [0.1, 0.15) is 0 Å². The molecular weight excluding hydrogens is 300 g/mol. The number of carbonyl (C=O) groups is 2. The van der Waals surface area contributed by atoms with E-state index >= 15 is 0 Å². The second kappa shape index (κ2) is 9.85. The first kappa shape index (κ1) is 19.0. The Morgan fingerprint density at radius 1 is 1.08 bits per heavy atom. The highest BCUT2D eigenvalue weighted by Crippen LogP contribution is 2.29. The highest BCUT2D eigenvalue weighted by molar-refractivity contribution is 5.83. The molecule has 0 aromatic rings. The van der Waals surface area contributed by atoms with Crippen LogP contribution in [0, 0.1) is 11.8 Å². The lowest BCUT2D eigenvalue weighted by Crippen LogP contribution is -2.43. The number of amides is 2. The third kappa shape index (κ3) is 6.29. The number of hydrogen-bond acceptors (Lipinski definition) is 2. The summed E-state index contributed by atoms with van der Waals surface area (Å²) in [5, 5.41) is 6.08. The number of hydrogen-bond donors (Lipinski definition) is 2. The molecule has 24 heavy (non-hydrogen) atoms. The van der Waals surface area contributed by atoms with Crippen LogP contribution in [0.3, 0.4) is 0 Å². The molecule has 2 aliphatic rings. The minimum Gasteiger partial charge on any atom is -0.356 e. The van der Waals surface area contributed by atoms with Crippen molar-refractivity contribution in [2.75, 3.05) is 6.54 Å². The minimum atomic E-state index is -0.00776. The van der Waals surface area contributed by atoms with Gasteiger partial charge in [0, 0.05) is 25.4 Å². The van der Waals surface area contributed by atoms with Crippen molar-refractivity contribution in [1.82, 2.24) is 10.6 Å². The van der Waals surface area contributed by atoms with Crippen LogP contribution in [0.2, 0.25) is 0 Å². The first-order valence-corrected chi connectivity index (χ1v) is 9.80. The molecule has 2 N–H and O–H groups in total. The summed E-state index contributed by atoms with van der Waals surface area (Å²) in [6.45, 7) is 5.18. The zero-order valence-electron chi connectivity index (χ0n) is 15.4. The van der Waals surface area contributed by atoms with Crippen LogP contribution in [0.15, 0.2) is 11.6 Å². The van der Waals surface area contributed by atoms with E-state index in [9.17, 15) is 9.59 Å². The molecule has 2 rings (SSSR count). The van der Waals surface area contributed by atoms with Crippen LogP contribution in [-0.4, -0.2) is 24.4 Å². The fourth-order valence-electron chi connectivity index (χ4n) is 3.87. The van der Waals surface area contributed by atoms with Crippen LogP contribution in [-0.2, 0) is 9.59 Å². The van der Waals surface area contributed by atoms with Crippen LogP contribution in [0.5, 0.6) is 0 Å². The van der Waals surface area contributed by atoms with Gasteiger partial charge in [0.2, 0.25) is 11.8 Å². The Bertz CT molecular complexity index is 459. The molecule has 0 aromatic carbocycles. The molecule has 4 nitrogen and oxygen atoms in total. The average Bonchev–Trinajstić information content (AvgIpc) is 2.58. The summed E-state index contributed by atoms with van der Waals surface area (Å²) in [7, 11) is 0. The van der Waals surface area contributed by atoms with E-state index in [1.54, 1.807) is 0 Å². The predicted molar refractivity (Wildman–Crippen MR) is 97.5 cm³/mol. The summed E-state index contributed by atoms with van der Waals surface area (Å²) < 4.78 is 0. The smallest absolute Gasteiger partial charge is 0.220 e. The first-order valence-electron chi connectivity index (χ1n) is 9.80. The summed E-state index contributed by atoms with van der Waals surface area (Å²) in [5.41, 5.74) is 1.47. The Hall–Kier alpha value is -1.32. The van der Waals surface area contributed by atoms with E-state index in [-0.39, 0.29) is 17.9 Å². The zero-order valence-corrected chi connectivity index (χ0v) is 15.4. The maximum atomic E-state index is 12.1. The molecular formula is C20H34N2O2. The molecule has 0 saturated heterocycles. The molecule has 3 atom stereocenters. The van der Waals surface area contributed by atoms with E-state index in [1.165, 1.54) is 44.1 Å². The lowest BCUT2D eigenvalue weighted by Gasteiger charge is -2.34. The summed E-state index contributed by atoms with van der Waals surface area (Å²) in [6.07, 6.45) is 12.3. The van der Waals surface area contributed by atoms with E-state index in [2.05, 4.69) is 30.6 Å². The van der Waals surface area contributed by atoms with Crippen LogP contribution in [0.25, 0.3) is 0 Å². The maximum Gasteiger partial charge on any atom is 0.220 e. The summed E-state index contributed by atoms with van der Waals surface area (Å²) >= 11 is 0. The van der Waals surface area contributed by atoms with Crippen LogP contribution >= 0.6 is 0 Å². The molecule has 4 heteroatoms. The average molecular weight is 335 g/mol. The van der Waals surface area contributed by atoms with Gasteiger partial charge in [-0.1, -0.05) is 38.3 Å². The van der Waals surface area contributed by atoms with Crippen LogP contribution in [0.4, 0.5) is 0 Å². The van der Waals surface area contributed by atoms with Gasteiger partial charge in [-0.25, -0.2) is 0 Å². The van der Waals surface area contributed by atoms with E-state index < -0.39 is 0 Å². The summed E-state index contributed by atoms with van der Waals surface area (Å²) in [4.78, 5) is 24.0. The molecule has 0 bridgehead atoms. The van der Waals surface area contributed by atoms with E-state index in [0.717, 1.165) is 12.8 Å².